The molecule has 2 heterocycles. The lowest BCUT2D eigenvalue weighted by molar-refractivity contribution is -0.151. The number of hydrogen-bond acceptors (Lipinski definition) is 8. The first-order valence-corrected chi connectivity index (χ1v) is 9.49. The number of carbonyl (C=O) groups is 2. The van der Waals surface area contributed by atoms with E-state index in [0.717, 1.165) is 0 Å². The number of ether oxygens (including phenoxy) is 3. The van der Waals surface area contributed by atoms with Crippen molar-refractivity contribution < 1.29 is 28.3 Å². The minimum atomic E-state index is -0.877. The minimum absolute atomic E-state index is 0.0467. The Morgan fingerprint density at radius 1 is 1.21 bits per heavy atom. The van der Waals surface area contributed by atoms with Gasteiger partial charge in [0.25, 0.3) is 5.91 Å². The molecular weight excluding hydrogens is 378 g/mol. The quantitative estimate of drug-likeness (QED) is 0.676. The first kappa shape index (κ1) is 20.8. The van der Waals surface area contributed by atoms with Gasteiger partial charge in [0.15, 0.2) is 12.7 Å². The molecule has 3 atom stereocenters. The van der Waals surface area contributed by atoms with Crippen LogP contribution in [0.2, 0.25) is 0 Å². The largest absolute Gasteiger partial charge is 0.485 e. The number of benzene rings is 1. The molecule has 3 rings (SSSR count). The Morgan fingerprint density at radius 2 is 1.86 bits per heavy atom. The molecule has 1 aliphatic heterocycles. The van der Waals surface area contributed by atoms with Crippen LogP contribution in [0.15, 0.2) is 28.8 Å². The molecule has 29 heavy (non-hydrogen) atoms. The number of aryl methyl sites for hydroxylation is 1. The first-order valence-electron chi connectivity index (χ1n) is 9.49. The van der Waals surface area contributed by atoms with Crippen LogP contribution in [0.5, 0.6) is 5.75 Å². The molecular formula is C20H25N3O6. The van der Waals surface area contributed by atoms with Crippen LogP contribution in [0.25, 0.3) is 0 Å². The Kier molecular flexibility index (Phi) is 6.48. The molecule has 2 aromatic rings. The molecule has 0 radical (unpaired) electrons. The molecule has 0 N–H and O–H groups in total. The third-order valence-electron chi connectivity index (χ3n) is 4.39. The van der Waals surface area contributed by atoms with Gasteiger partial charge in [-0.3, -0.25) is 4.79 Å². The molecule has 9 heteroatoms. The lowest BCUT2D eigenvalue weighted by atomic mass is 10.2. The van der Waals surface area contributed by atoms with E-state index in [-0.39, 0.29) is 24.7 Å². The number of rotatable bonds is 6. The first-order chi connectivity index (χ1) is 13.8. The van der Waals surface area contributed by atoms with E-state index in [0.29, 0.717) is 36.1 Å². The van der Waals surface area contributed by atoms with Gasteiger partial charge in [-0.25, -0.2) is 4.79 Å². The number of morpholine rings is 1. The van der Waals surface area contributed by atoms with Crippen LogP contribution >= 0.6 is 0 Å². The number of nitrogens with zero attached hydrogens (tertiary/aromatic N) is 3. The van der Waals surface area contributed by atoms with Crippen LogP contribution < -0.4 is 4.74 Å². The van der Waals surface area contributed by atoms with E-state index in [9.17, 15) is 9.59 Å². The molecule has 156 valence electrons. The van der Waals surface area contributed by atoms with Gasteiger partial charge in [0.05, 0.1) is 17.8 Å². The van der Waals surface area contributed by atoms with Gasteiger partial charge in [0.1, 0.15) is 5.75 Å². The normalized spacial score (nSPS) is 20.2. The molecule has 0 aliphatic carbocycles. The lowest BCUT2D eigenvalue weighted by Gasteiger charge is -2.36. The molecule has 1 aromatic carbocycles. The number of hydrogen-bond donors (Lipinski definition) is 0. The number of esters is 1. The van der Waals surface area contributed by atoms with Gasteiger partial charge in [0, 0.05) is 20.0 Å². The highest BCUT2D eigenvalue weighted by molar-refractivity contribution is 5.92. The summed E-state index contributed by atoms with van der Waals surface area (Å²) in [6.07, 6.45) is -0.971. The summed E-state index contributed by atoms with van der Waals surface area (Å²) in [4.78, 5) is 30.7. The van der Waals surface area contributed by atoms with Gasteiger partial charge in [-0.1, -0.05) is 5.16 Å². The van der Waals surface area contributed by atoms with Crippen molar-refractivity contribution in [3.8, 4) is 5.75 Å². The molecule has 1 aromatic heterocycles. The number of aromatic nitrogens is 2. The van der Waals surface area contributed by atoms with Gasteiger partial charge in [-0.2, -0.15) is 4.98 Å². The van der Waals surface area contributed by atoms with Crippen LogP contribution in [-0.2, 0) is 20.9 Å². The highest BCUT2D eigenvalue weighted by Crippen LogP contribution is 2.16. The summed E-state index contributed by atoms with van der Waals surface area (Å²) in [5, 5.41) is 3.74. The average Bonchev–Trinajstić information content (AvgIpc) is 3.10. The van der Waals surface area contributed by atoms with E-state index in [1.165, 1.54) is 0 Å². The van der Waals surface area contributed by atoms with E-state index in [1.807, 2.05) is 13.8 Å². The molecule has 9 nitrogen and oxygen atoms in total. The molecule has 0 spiro atoms. The Morgan fingerprint density at radius 3 is 2.45 bits per heavy atom. The third kappa shape index (κ3) is 5.54. The summed E-state index contributed by atoms with van der Waals surface area (Å²) >= 11 is 0. The molecule has 3 unspecified atom stereocenters. The van der Waals surface area contributed by atoms with Crippen molar-refractivity contribution in [3.05, 3.63) is 41.5 Å². The second-order valence-electron chi connectivity index (χ2n) is 7.09. The number of carbonyl (C=O) groups excluding carboxylic acids is 2. The summed E-state index contributed by atoms with van der Waals surface area (Å²) in [6, 6.07) is 6.44. The van der Waals surface area contributed by atoms with E-state index < -0.39 is 12.1 Å². The smallest absolute Gasteiger partial charge is 0.338 e. The van der Waals surface area contributed by atoms with Gasteiger partial charge in [-0.15, -0.1) is 0 Å². The monoisotopic (exact) mass is 403 g/mol. The van der Waals surface area contributed by atoms with Crippen LogP contribution in [-0.4, -0.2) is 58.3 Å². The van der Waals surface area contributed by atoms with E-state index in [1.54, 1.807) is 43.0 Å². The average molecular weight is 403 g/mol. The fourth-order valence-corrected chi connectivity index (χ4v) is 3.13. The van der Waals surface area contributed by atoms with Gasteiger partial charge in [-0.05, 0) is 45.0 Å². The molecule has 1 saturated heterocycles. The van der Waals surface area contributed by atoms with Crippen molar-refractivity contribution in [3.63, 3.8) is 0 Å². The van der Waals surface area contributed by atoms with Gasteiger partial charge in [0.2, 0.25) is 11.7 Å². The Bertz CT molecular complexity index is 840. The molecule has 0 bridgehead atoms. The highest BCUT2D eigenvalue weighted by Gasteiger charge is 2.30. The predicted molar refractivity (Wildman–Crippen MR) is 101 cm³/mol. The highest BCUT2D eigenvalue weighted by atomic mass is 16.5. The minimum Gasteiger partial charge on any atom is -0.485 e. The summed E-state index contributed by atoms with van der Waals surface area (Å²) in [5.41, 5.74) is 0.330. The van der Waals surface area contributed by atoms with Crippen LogP contribution in [0.1, 0.15) is 42.8 Å². The maximum absolute atomic E-state index is 12.6. The SMILES string of the molecule is Cc1nc(COc2ccc(C(=O)OC(C)C(=O)N3CC(C)OC(C)C3)cc2)no1. The second kappa shape index (κ2) is 9.04. The lowest BCUT2D eigenvalue weighted by Crippen LogP contribution is -2.51. The Labute approximate surface area is 168 Å². The topological polar surface area (TPSA) is 104 Å². The van der Waals surface area contributed by atoms with Crippen molar-refractivity contribution in [1.29, 1.82) is 0 Å². The van der Waals surface area contributed by atoms with Crippen LogP contribution in [0.3, 0.4) is 0 Å². The zero-order chi connectivity index (χ0) is 21.0. The molecule has 1 aliphatic rings. The van der Waals surface area contributed by atoms with E-state index in [4.69, 9.17) is 18.7 Å². The maximum atomic E-state index is 12.6. The molecule has 1 amide bonds. The number of amides is 1. The zero-order valence-corrected chi connectivity index (χ0v) is 17.0. The van der Waals surface area contributed by atoms with Crippen molar-refractivity contribution in [2.75, 3.05) is 13.1 Å². The van der Waals surface area contributed by atoms with Crippen LogP contribution in [0, 0.1) is 6.92 Å². The third-order valence-corrected chi connectivity index (χ3v) is 4.39. The molecule has 0 saturated carbocycles. The van der Waals surface area contributed by atoms with Crippen molar-refractivity contribution >= 4 is 11.9 Å². The summed E-state index contributed by atoms with van der Waals surface area (Å²) < 4.78 is 21.4. The summed E-state index contributed by atoms with van der Waals surface area (Å²) in [5.74, 6) is 0.650. The Balaban J connectivity index is 1.52. The fourth-order valence-electron chi connectivity index (χ4n) is 3.13. The van der Waals surface area contributed by atoms with E-state index >= 15 is 0 Å². The Hall–Kier alpha value is -2.94. The summed E-state index contributed by atoms with van der Waals surface area (Å²) in [6.45, 7) is 8.22. The maximum Gasteiger partial charge on any atom is 0.338 e. The predicted octanol–water partition coefficient (Wildman–Crippen LogP) is 2.14. The standard InChI is InChI=1S/C20H25N3O6/c1-12-9-23(10-13(2)27-12)19(24)14(3)28-20(25)16-5-7-17(8-6-16)26-11-18-21-15(4)29-22-18/h5-8,12-14H,9-11H2,1-4H3. The van der Waals surface area contributed by atoms with Gasteiger partial charge >= 0.3 is 5.97 Å². The summed E-state index contributed by atoms with van der Waals surface area (Å²) in [7, 11) is 0. The molecule has 1 fully saturated rings. The zero-order valence-electron chi connectivity index (χ0n) is 17.0. The second-order valence-corrected chi connectivity index (χ2v) is 7.09. The van der Waals surface area contributed by atoms with E-state index in [2.05, 4.69) is 10.1 Å². The van der Waals surface area contributed by atoms with Crippen LogP contribution in [0.4, 0.5) is 0 Å². The van der Waals surface area contributed by atoms with Crippen molar-refractivity contribution in [2.45, 2.75) is 52.6 Å². The van der Waals surface area contributed by atoms with Crippen molar-refractivity contribution in [1.82, 2.24) is 15.0 Å². The van der Waals surface area contributed by atoms with Crippen molar-refractivity contribution in [2.24, 2.45) is 0 Å². The fraction of sp³-hybridized carbons (Fsp3) is 0.500. The van der Waals surface area contributed by atoms with Gasteiger partial charge < -0.3 is 23.6 Å².